The highest BCUT2D eigenvalue weighted by Crippen LogP contribution is 2.40. The fourth-order valence-electron chi connectivity index (χ4n) is 3.75. The number of rotatable bonds is 6. The Hall–Kier alpha value is -1.75. The summed E-state index contributed by atoms with van der Waals surface area (Å²) in [7, 11) is 1.74. The maximum Gasteiger partial charge on any atom is 0.188 e. The van der Waals surface area contributed by atoms with Crippen LogP contribution in [0.15, 0.2) is 23.2 Å². The SMILES string of the molecule is COc1ccc(C)cc1C1(CN=C(N)NCC2CCC2)CCOCC1. The third kappa shape index (κ3) is 4.27. The summed E-state index contributed by atoms with van der Waals surface area (Å²) in [6, 6.07) is 6.38. The lowest BCUT2D eigenvalue weighted by atomic mass is 9.73. The lowest BCUT2D eigenvalue weighted by molar-refractivity contribution is 0.0522. The summed E-state index contributed by atoms with van der Waals surface area (Å²) in [6.07, 6.45) is 5.84. The Kier molecular flexibility index (Phi) is 5.84. The summed E-state index contributed by atoms with van der Waals surface area (Å²) in [5, 5.41) is 3.30. The van der Waals surface area contributed by atoms with E-state index in [1.807, 2.05) is 0 Å². The molecular formula is C20H31N3O2. The molecule has 1 heterocycles. The Bertz CT molecular complexity index is 605. The minimum Gasteiger partial charge on any atom is -0.496 e. The molecule has 0 spiro atoms. The van der Waals surface area contributed by atoms with Crippen LogP contribution in [-0.2, 0) is 10.2 Å². The number of nitrogens with zero attached hydrogens (tertiary/aromatic N) is 1. The molecule has 1 aliphatic carbocycles. The molecule has 2 fully saturated rings. The second-order valence-corrected chi connectivity index (χ2v) is 7.48. The van der Waals surface area contributed by atoms with Crippen molar-refractivity contribution in [1.82, 2.24) is 5.32 Å². The van der Waals surface area contributed by atoms with Crippen molar-refractivity contribution >= 4 is 5.96 Å². The first kappa shape index (κ1) is 18.1. The average molecular weight is 345 g/mol. The van der Waals surface area contributed by atoms with Gasteiger partial charge in [-0.15, -0.1) is 0 Å². The van der Waals surface area contributed by atoms with Crippen LogP contribution in [0.3, 0.4) is 0 Å². The second-order valence-electron chi connectivity index (χ2n) is 7.48. The van der Waals surface area contributed by atoms with Crippen molar-refractivity contribution in [1.29, 1.82) is 0 Å². The van der Waals surface area contributed by atoms with Gasteiger partial charge in [0, 0.05) is 30.7 Å². The van der Waals surface area contributed by atoms with Crippen LogP contribution in [0.25, 0.3) is 0 Å². The van der Waals surface area contributed by atoms with Crippen LogP contribution < -0.4 is 15.8 Å². The number of methoxy groups -OCH3 is 1. The van der Waals surface area contributed by atoms with Gasteiger partial charge in [-0.3, -0.25) is 4.99 Å². The van der Waals surface area contributed by atoms with Crippen molar-refractivity contribution in [3.63, 3.8) is 0 Å². The summed E-state index contributed by atoms with van der Waals surface area (Å²) < 4.78 is 11.3. The van der Waals surface area contributed by atoms with Gasteiger partial charge in [-0.1, -0.05) is 24.1 Å². The standard InChI is InChI=1S/C20H31N3O2/c1-15-6-7-18(24-2)17(12-15)20(8-10-25-11-9-20)14-23-19(21)22-13-16-4-3-5-16/h6-7,12,16H,3-5,8-11,13-14H2,1-2H3,(H3,21,22,23). The first-order valence-corrected chi connectivity index (χ1v) is 9.40. The van der Waals surface area contributed by atoms with Crippen molar-refractivity contribution < 1.29 is 9.47 Å². The highest BCUT2D eigenvalue weighted by atomic mass is 16.5. The zero-order valence-corrected chi connectivity index (χ0v) is 15.5. The first-order valence-electron chi connectivity index (χ1n) is 9.40. The minimum absolute atomic E-state index is 0.0710. The van der Waals surface area contributed by atoms with Gasteiger partial charge in [0.15, 0.2) is 5.96 Å². The normalized spacial score (nSPS) is 20.8. The van der Waals surface area contributed by atoms with E-state index < -0.39 is 0 Å². The molecule has 0 unspecified atom stereocenters. The van der Waals surface area contributed by atoms with E-state index in [0.717, 1.165) is 44.3 Å². The number of nitrogens with one attached hydrogen (secondary N) is 1. The molecule has 138 valence electrons. The molecule has 2 aliphatic rings. The van der Waals surface area contributed by atoms with Gasteiger partial charge in [0.1, 0.15) is 5.75 Å². The predicted molar refractivity (Wildman–Crippen MR) is 101 cm³/mol. The molecule has 1 aliphatic heterocycles. The molecule has 0 amide bonds. The van der Waals surface area contributed by atoms with E-state index in [2.05, 4.69) is 30.4 Å². The maximum absolute atomic E-state index is 6.13. The van der Waals surface area contributed by atoms with Gasteiger partial charge in [-0.25, -0.2) is 0 Å². The zero-order chi connectivity index (χ0) is 17.7. The summed E-state index contributed by atoms with van der Waals surface area (Å²) >= 11 is 0. The summed E-state index contributed by atoms with van der Waals surface area (Å²) in [4.78, 5) is 4.70. The fraction of sp³-hybridized carbons (Fsp3) is 0.650. The van der Waals surface area contributed by atoms with Crippen LogP contribution in [0, 0.1) is 12.8 Å². The molecule has 5 heteroatoms. The number of hydrogen-bond donors (Lipinski definition) is 2. The molecule has 5 nitrogen and oxygen atoms in total. The van der Waals surface area contributed by atoms with Crippen molar-refractivity contribution in [2.45, 2.75) is 44.4 Å². The molecule has 1 aromatic carbocycles. The molecule has 0 radical (unpaired) electrons. The first-order chi connectivity index (χ1) is 12.1. The fourth-order valence-corrected chi connectivity index (χ4v) is 3.75. The molecule has 25 heavy (non-hydrogen) atoms. The van der Waals surface area contributed by atoms with E-state index in [-0.39, 0.29) is 5.41 Å². The van der Waals surface area contributed by atoms with Crippen molar-refractivity contribution in [3.05, 3.63) is 29.3 Å². The highest BCUT2D eigenvalue weighted by Gasteiger charge is 2.37. The molecular weight excluding hydrogens is 314 g/mol. The largest absolute Gasteiger partial charge is 0.496 e. The lowest BCUT2D eigenvalue weighted by Crippen LogP contribution is -2.41. The van der Waals surface area contributed by atoms with E-state index in [9.17, 15) is 0 Å². The van der Waals surface area contributed by atoms with Crippen molar-refractivity contribution in [2.75, 3.05) is 33.4 Å². The maximum atomic E-state index is 6.13. The van der Waals surface area contributed by atoms with E-state index in [1.165, 1.54) is 30.4 Å². The smallest absolute Gasteiger partial charge is 0.188 e. The number of hydrogen-bond acceptors (Lipinski definition) is 3. The lowest BCUT2D eigenvalue weighted by Gasteiger charge is -2.37. The van der Waals surface area contributed by atoms with E-state index in [0.29, 0.717) is 12.5 Å². The van der Waals surface area contributed by atoms with Crippen LogP contribution in [0.4, 0.5) is 0 Å². The van der Waals surface area contributed by atoms with E-state index in [1.54, 1.807) is 7.11 Å². The second kappa shape index (κ2) is 8.09. The number of aliphatic imine (C=N–C) groups is 1. The van der Waals surface area contributed by atoms with Crippen LogP contribution in [-0.4, -0.2) is 39.4 Å². The molecule has 1 aromatic rings. The Morgan fingerprint density at radius 2 is 2.12 bits per heavy atom. The van der Waals surface area contributed by atoms with Crippen molar-refractivity contribution in [3.8, 4) is 5.75 Å². The summed E-state index contributed by atoms with van der Waals surface area (Å²) in [5.41, 5.74) is 8.53. The highest BCUT2D eigenvalue weighted by molar-refractivity contribution is 5.77. The topological polar surface area (TPSA) is 68.9 Å². The number of nitrogens with two attached hydrogens (primary N) is 1. The van der Waals surface area contributed by atoms with Crippen LogP contribution >= 0.6 is 0 Å². The number of benzene rings is 1. The third-order valence-electron chi connectivity index (χ3n) is 5.72. The Morgan fingerprint density at radius 1 is 1.36 bits per heavy atom. The third-order valence-corrected chi connectivity index (χ3v) is 5.72. The van der Waals surface area contributed by atoms with E-state index in [4.69, 9.17) is 20.2 Å². The number of ether oxygens (including phenoxy) is 2. The van der Waals surface area contributed by atoms with E-state index >= 15 is 0 Å². The van der Waals surface area contributed by atoms with Gasteiger partial charge >= 0.3 is 0 Å². The van der Waals surface area contributed by atoms with Crippen LogP contribution in [0.1, 0.15) is 43.2 Å². The minimum atomic E-state index is -0.0710. The Labute approximate surface area is 151 Å². The molecule has 0 atom stereocenters. The molecule has 0 aromatic heterocycles. The molecule has 1 saturated heterocycles. The van der Waals surface area contributed by atoms with Gasteiger partial charge in [-0.05, 0) is 44.6 Å². The van der Waals surface area contributed by atoms with Gasteiger partial charge < -0.3 is 20.5 Å². The van der Waals surface area contributed by atoms with Crippen molar-refractivity contribution in [2.24, 2.45) is 16.6 Å². The quantitative estimate of drug-likeness (QED) is 0.614. The predicted octanol–water partition coefficient (Wildman–Crippen LogP) is 2.76. The van der Waals surface area contributed by atoms with Crippen LogP contribution in [0.5, 0.6) is 5.75 Å². The monoisotopic (exact) mass is 345 g/mol. The molecule has 0 bridgehead atoms. The van der Waals surface area contributed by atoms with Gasteiger partial charge in [-0.2, -0.15) is 0 Å². The average Bonchev–Trinajstić information content (AvgIpc) is 2.59. The zero-order valence-electron chi connectivity index (χ0n) is 15.5. The molecule has 3 N–H and O–H groups in total. The van der Waals surface area contributed by atoms with Gasteiger partial charge in [0.2, 0.25) is 0 Å². The summed E-state index contributed by atoms with van der Waals surface area (Å²) in [5.74, 6) is 2.26. The number of guanidine groups is 1. The molecule has 1 saturated carbocycles. The summed E-state index contributed by atoms with van der Waals surface area (Å²) in [6.45, 7) is 5.23. The van der Waals surface area contributed by atoms with Gasteiger partial charge in [0.05, 0.1) is 13.7 Å². The molecule has 3 rings (SSSR count). The Balaban J connectivity index is 1.77. The Morgan fingerprint density at radius 3 is 2.76 bits per heavy atom. The van der Waals surface area contributed by atoms with Crippen LogP contribution in [0.2, 0.25) is 0 Å². The number of aryl methyl sites for hydroxylation is 1. The van der Waals surface area contributed by atoms with Gasteiger partial charge in [0.25, 0.3) is 0 Å².